The molecule has 0 spiro atoms. The molecule has 0 aliphatic heterocycles. The van der Waals surface area contributed by atoms with E-state index >= 15 is 0 Å². The van der Waals surface area contributed by atoms with Crippen molar-refractivity contribution in [2.24, 2.45) is 12.5 Å². The van der Waals surface area contributed by atoms with E-state index in [1.54, 1.807) is 12.1 Å². The number of halogens is 1. The van der Waals surface area contributed by atoms with Crippen LogP contribution < -0.4 is 5.32 Å². The molecule has 0 aliphatic carbocycles. The van der Waals surface area contributed by atoms with E-state index in [0.29, 0.717) is 10.7 Å². The number of benzene rings is 1. The Morgan fingerprint density at radius 1 is 1.30 bits per heavy atom. The molecule has 0 saturated heterocycles. The second kappa shape index (κ2) is 8.85. The lowest BCUT2D eigenvalue weighted by molar-refractivity contribution is -0.137. The number of methoxy groups -OCH3 is 1. The summed E-state index contributed by atoms with van der Waals surface area (Å²) in [5.41, 5.74) is 1.99. The Hall–Kier alpha value is -1.92. The number of aromatic nitrogens is 1. The standard InChI is InChI=1S/C20H25ClN2O3S/c1-20(2,3)19(25)22-15-9-8-13(21)11-14(15)18(27-12-17(24)26-5)16-7-6-10-23(16)4/h6-11,18H,12H2,1-5H3,(H,22,25). The number of nitrogens with one attached hydrogen (secondary N) is 1. The van der Waals surface area contributed by atoms with Crippen molar-refractivity contribution in [3.05, 3.63) is 52.8 Å². The quantitative estimate of drug-likeness (QED) is 0.706. The second-order valence-corrected chi connectivity index (χ2v) is 8.78. The van der Waals surface area contributed by atoms with Crippen LogP contribution in [0, 0.1) is 5.41 Å². The van der Waals surface area contributed by atoms with Crippen molar-refractivity contribution in [3.63, 3.8) is 0 Å². The first-order valence-corrected chi connectivity index (χ1v) is 9.96. The first-order valence-electron chi connectivity index (χ1n) is 8.54. The summed E-state index contributed by atoms with van der Waals surface area (Å²) in [6.07, 6.45) is 1.94. The van der Waals surface area contributed by atoms with Gasteiger partial charge in [-0.05, 0) is 35.9 Å². The minimum atomic E-state index is -0.531. The van der Waals surface area contributed by atoms with Gasteiger partial charge in [0.1, 0.15) is 0 Å². The van der Waals surface area contributed by atoms with Gasteiger partial charge in [0.25, 0.3) is 0 Å². The Labute approximate surface area is 169 Å². The highest BCUT2D eigenvalue weighted by atomic mass is 35.5. The molecule has 7 heteroatoms. The van der Waals surface area contributed by atoms with Gasteiger partial charge in [-0.15, -0.1) is 11.8 Å². The number of amides is 1. The molecule has 1 atom stereocenters. The summed E-state index contributed by atoms with van der Waals surface area (Å²) < 4.78 is 6.78. The van der Waals surface area contributed by atoms with Crippen LogP contribution in [0.25, 0.3) is 0 Å². The molecule has 1 aromatic carbocycles. The van der Waals surface area contributed by atoms with Crippen LogP contribution in [0.3, 0.4) is 0 Å². The Bertz CT molecular complexity index is 827. The van der Waals surface area contributed by atoms with Crippen LogP contribution in [0.15, 0.2) is 36.5 Å². The number of carbonyl (C=O) groups is 2. The lowest BCUT2D eigenvalue weighted by atomic mass is 9.95. The monoisotopic (exact) mass is 408 g/mol. The smallest absolute Gasteiger partial charge is 0.315 e. The summed E-state index contributed by atoms with van der Waals surface area (Å²) in [4.78, 5) is 24.2. The van der Waals surface area contributed by atoms with Crippen molar-refractivity contribution in [1.82, 2.24) is 4.57 Å². The van der Waals surface area contributed by atoms with E-state index < -0.39 is 5.41 Å². The van der Waals surface area contributed by atoms with Crippen LogP contribution >= 0.6 is 23.4 Å². The van der Waals surface area contributed by atoms with Crippen molar-refractivity contribution in [3.8, 4) is 0 Å². The van der Waals surface area contributed by atoms with Crippen LogP contribution in [0.5, 0.6) is 0 Å². The average Bonchev–Trinajstić information content (AvgIpc) is 3.02. The number of anilines is 1. The van der Waals surface area contributed by atoms with Gasteiger partial charge in [-0.25, -0.2) is 0 Å². The molecule has 0 fully saturated rings. The highest BCUT2D eigenvalue weighted by molar-refractivity contribution is 8.00. The molecule has 2 aromatic rings. The number of hydrogen-bond acceptors (Lipinski definition) is 4. The molecule has 0 bridgehead atoms. The fraction of sp³-hybridized carbons (Fsp3) is 0.400. The van der Waals surface area contributed by atoms with Crippen LogP contribution in [-0.4, -0.2) is 29.3 Å². The number of thioether (sulfide) groups is 1. The number of aryl methyl sites for hydroxylation is 1. The molecule has 1 unspecified atom stereocenters. The highest BCUT2D eigenvalue weighted by Gasteiger charge is 2.26. The van der Waals surface area contributed by atoms with E-state index in [4.69, 9.17) is 16.3 Å². The molecule has 5 nitrogen and oxygen atoms in total. The number of carbonyl (C=O) groups excluding carboxylic acids is 2. The lowest BCUT2D eigenvalue weighted by Gasteiger charge is -2.24. The highest BCUT2D eigenvalue weighted by Crippen LogP contribution is 2.41. The molecule has 146 valence electrons. The number of ether oxygens (including phenoxy) is 1. The van der Waals surface area contributed by atoms with Gasteiger partial charge in [-0.1, -0.05) is 32.4 Å². The second-order valence-electron chi connectivity index (χ2n) is 7.25. The Morgan fingerprint density at radius 2 is 2.00 bits per heavy atom. The molecule has 1 heterocycles. The van der Waals surface area contributed by atoms with E-state index in [-0.39, 0.29) is 22.9 Å². The first kappa shape index (κ1) is 21.4. The summed E-state index contributed by atoms with van der Waals surface area (Å²) in [5, 5.41) is 3.37. The number of nitrogens with zero attached hydrogens (tertiary/aromatic N) is 1. The first-order chi connectivity index (χ1) is 12.6. The minimum Gasteiger partial charge on any atom is -0.468 e. The van der Waals surface area contributed by atoms with Crippen molar-refractivity contribution < 1.29 is 14.3 Å². The molecule has 0 radical (unpaired) electrons. The van der Waals surface area contributed by atoms with Crippen molar-refractivity contribution in [2.45, 2.75) is 26.0 Å². The van der Waals surface area contributed by atoms with E-state index in [9.17, 15) is 9.59 Å². The van der Waals surface area contributed by atoms with Gasteiger partial charge in [-0.3, -0.25) is 9.59 Å². The normalized spacial score (nSPS) is 12.5. The molecule has 0 aliphatic rings. The maximum absolute atomic E-state index is 12.5. The molecular formula is C20H25ClN2O3S. The van der Waals surface area contributed by atoms with Gasteiger partial charge in [-0.2, -0.15) is 0 Å². The molecule has 2 rings (SSSR count). The molecule has 1 N–H and O–H groups in total. The van der Waals surface area contributed by atoms with Crippen molar-refractivity contribution in [2.75, 3.05) is 18.2 Å². The van der Waals surface area contributed by atoms with Gasteiger partial charge in [0.2, 0.25) is 5.91 Å². The topological polar surface area (TPSA) is 60.3 Å². The summed E-state index contributed by atoms with van der Waals surface area (Å²) in [6.45, 7) is 5.58. The fourth-order valence-corrected chi connectivity index (χ4v) is 3.86. The minimum absolute atomic E-state index is 0.0883. The molecular weight excluding hydrogens is 384 g/mol. The van der Waals surface area contributed by atoms with Crippen LogP contribution in [0.4, 0.5) is 5.69 Å². The predicted molar refractivity (Wildman–Crippen MR) is 111 cm³/mol. The van der Waals surface area contributed by atoms with E-state index in [1.165, 1.54) is 18.9 Å². The van der Waals surface area contributed by atoms with Gasteiger partial charge >= 0.3 is 5.97 Å². The third-order valence-electron chi connectivity index (χ3n) is 4.07. The van der Waals surface area contributed by atoms with E-state index in [1.807, 2.05) is 56.8 Å². The Kier molecular flexibility index (Phi) is 7.00. The third-order valence-corrected chi connectivity index (χ3v) is 5.54. The Morgan fingerprint density at radius 3 is 2.56 bits per heavy atom. The summed E-state index contributed by atoms with van der Waals surface area (Å²) >= 11 is 7.69. The van der Waals surface area contributed by atoms with E-state index in [2.05, 4.69) is 5.32 Å². The van der Waals surface area contributed by atoms with Crippen molar-refractivity contribution in [1.29, 1.82) is 0 Å². The summed E-state index contributed by atoms with van der Waals surface area (Å²) in [7, 11) is 3.31. The van der Waals surface area contributed by atoms with Crippen molar-refractivity contribution >= 4 is 40.9 Å². The zero-order valence-corrected chi connectivity index (χ0v) is 17.8. The molecule has 1 amide bonds. The third kappa shape index (κ3) is 5.53. The average molecular weight is 409 g/mol. The molecule has 0 saturated carbocycles. The van der Waals surface area contributed by atoms with Gasteiger partial charge < -0.3 is 14.6 Å². The molecule has 27 heavy (non-hydrogen) atoms. The Balaban J connectivity index is 2.47. The summed E-state index contributed by atoms with van der Waals surface area (Å²) in [5.74, 6) is -0.206. The fourth-order valence-electron chi connectivity index (χ4n) is 2.47. The van der Waals surface area contributed by atoms with Crippen LogP contribution in [0.1, 0.15) is 37.3 Å². The largest absolute Gasteiger partial charge is 0.468 e. The van der Waals surface area contributed by atoms with Crippen LogP contribution in [-0.2, 0) is 21.4 Å². The zero-order valence-electron chi connectivity index (χ0n) is 16.2. The van der Waals surface area contributed by atoms with E-state index in [0.717, 1.165) is 11.3 Å². The SMILES string of the molecule is COC(=O)CSC(c1cc(Cl)ccc1NC(=O)C(C)(C)C)c1cccn1C. The zero-order chi connectivity index (χ0) is 20.2. The molecule has 1 aromatic heterocycles. The number of hydrogen-bond donors (Lipinski definition) is 1. The summed E-state index contributed by atoms with van der Waals surface area (Å²) in [6, 6.07) is 9.32. The number of esters is 1. The maximum atomic E-state index is 12.5. The lowest BCUT2D eigenvalue weighted by Crippen LogP contribution is -2.28. The predicted octanol–water partition coefficient (Wildman–Crippen LogP) is 4.66. The maximum Gasteiger partial charge on any atom is 0.315 e. The van der Waals surface area contributed by atoms with Crippen LogP contribution in [0.2, 0.25) is 5.02 Å². The number of rotatable bonds is 6. The van der Waals surface area contributed by atoms with Gasteiger partial charge in [0.05, 0.1) is 18.1 Å². The van der Waals surface area contributed by atoms with Gasteiger partial charge in [0, 0.05) is 35.1 Å². The van der Waals surface area contributed by atoms with Gasteiger partial charge in [0.15, 0.2) is 0 Å².